The Morgan fingerprint density at radius 3 is 1.12 bits per heavy atom. The molecule has 0 aromatic rings. The van der Waals surface area contributed by atoms with Crippen LogP contribution in [-0.2, 0) is 0 Å². The number of rotatable bonds is 1. The van der Waals surface area contributed by atoms with Gasteiger partial charge in [-0.05, 0) is 0 Å². The van der Waals surface area contributed by atoms with E-state index in [0.717, 1.165) is 0 Å². The second-order valence-corrected chi connectivity index (χ2v) is 0.779. The van der Waals surface area contributed by atoms with Gasteiger partial charge in [0.25, 0.3) is 6.43 Å². The molecule has 0 saturated carbocycles. The molecule has 54 valence electrons. The molecular weight excluding hydrogens is 166 g/mol. The summed E-state index contributed by atoms with van der Waals surface area (Å²) in [6.07, 6.45) is -5.52. The Balaban J connectivity index is -0.000000125. The average molecular weight is 172 g/mol. The smallest absolute Gasteiger partial charge is 0.282 e. The average Bonchev–Trinajstić information content (AvgIpc) is 1.36. The summed E-state index contributed by atoms with van der Waals surface area (Å²) in [5.74, 6) is 0. The fraction of sp³-hybridized carbons (Fsp3) is 1.00. The molecule has 0 aliphatic rings. The highest BCUT2D eigenvalue weighted by Crippen LogP contribution is 1.96. The molecule has 1 atom stereocenters. The van der Waals surface area contributed by atoms with Gasteiger partial charge in [-0.25, -0.2) is 13.2 Å². The molecule has 0 aromatic carbocycles. The van der Waals surface area contributed by atoms with Gasteiger partial charge in [0.15, 0.2) is 0 Å². The van der Waals surface area contributed by atoms with Gasteiger partial charge in [0.05, 0.1) is 0 Å². The predicted octanol–water partition coefficient (Wildman–Crippen LogP) is 1.35. The van der Waals surface area contributed by atoms with Gasteiger partial charge in [0.1, 0.15) is 0 Å². The maximum absolute atomic E-state index is 10.9. The molecule has 0 saturated heterocycles. The quantitative estimate of drug-likeness (QED) is 0.593. The van der Waals surface area contributed by atoms with Gasteiger partial charge in [0.2, 0.25) is 6.30 Å². The van der Waals surface area contributed by atoms with Gasteiger partial charge in [-0.3, -0.25) is 5.73 Å². The van der Waals surface area contributed by atoms with Crippen molar-refractivity contribution >= 4 is 24.8 Å². The van der Waals surface area contributed by atoms with Crippen LogP contribution in [0.1, 0.15) is 0 Å². The highest BCUT2D eigenvalue weighted by atomic mass is 35.5. The third kappa shape index (κ3) is 9.59. The van der Waals surface area contributed by atoms with Crippen LogP contribution in [0.4, 0.5) is 13.2 Å². The van der Waals surface area contributed by atoms with E-state index in [1.165, 1.54) is 0 Å². The Kier molecular flexibility index (Phi) is 14.4. The van der Waals surface area contributed by atoms with Crippen molar-refractivity contribution in [1.82, 2.24) is 0 Å². The lowest BCUT2D eigenvalue weighted by atomic mass is 10.7. The van der Waals surface area contributed by atoms with Crippen molar-refractivity contribution in [2.24, 2.45) is 5.73 Å². The lowest BCUT2D eigenvalue weighted by molar-refractivity contribution is 0.0537. The molecule has 0 rings (SSSR count). The molecule has 1 unspecified atom stereocenters. The number of nitrogens with two attached hydrogens (primary N) is 1. The molecule has 8 heavy (non-hydrogen) atoms. The van der Waals surface area contributed by atoms with Crippen LogP contribution in [0.5, 0.6) is 0 Å². The summed E-state index contributed by atoms with van der Waals surface area (Å²) >= 11 is 0. The third-order valence-corrected chi connectivity index (χ3v) is 0.241. The van der Waals surface area contributed by atoms with Gasteiger partial charge < -0.3 is 0 Å². The van der Waals surface area contributed by atoms with E-state index in [0.29, 0.717) is 0 Å². The Labute approximate surface area is 57.2 Å². The topological polar surface area (TPSA) is 26.0 Å². The lowest BCUT2D eigenvalue weighted by Gasteiger charge is -1.93. The van der Waals surface area contributed by atoms with Gasteiger partial charge in [-0.1, -0.05) is 0 Å². The van der Waals surface area contributed by atoms with Gasteiger partial charge >= 0.3 is 0 Å². The van der Waals surface area contributed by atoms with Crippen molar-refractivity contribution in [3.8, 4) is 0 Å². The van der Waals surface area contributed by atoms with Crippen LogP contribution in [0.15, 0.2) is 0 Å². The zero-order valence-electron chi connectivity index (χ0n) is 3.68. The van der Waals surface area contributed by atoms with Crippen LogP contribution in [0.3, 0.4) is 0 Å². The first kappa shape index (κ1) is 15.8. The fourth-order valence-electron chi connectivity index (χ4n) is 0. The van der Waals surface area contributed by atoms with E-state index < -0.39 is 12.7 Å². The molecule has 6 heteroatoms. The lowest BCUT2D eigenvalue weighted by Crippen LogP contribution is -2.22. The first-order valence-corrected chi connectivity index (χ1v) is 1.32. The van der Waals surface area contributed by atoms with Crippen molar-refractivity contribution < 1.29 is 13.2 Å². The predicted molar refractivity (Wildman–Crippen MR) is 29.6 cm³/mol. The largest absolute Gasteiger partial charge is 0.297 e. The fourth-order valence-corrected chi connectivity index (χ4v) is 0. The molecule has 0 aromatic heterocycles. The minimum atomic E-state index is -3.04. The minimum absolute atomic E-state index is 0. The summed E-state index contributed by atoms with van der Waals surface area (Å²) < 4.78 is 32.2. The second-order valence-electron chi connectivity index (χ2n) is 0.779. The summed E-state index contributed by atoms with van der Waals surface area (Å²) in [5.41, 5.74) is 4.02. The van der Waals surface area contributed by atoms with E-state index in [1.54, 1.807) is 0 Å². The summed E-state index contributed by atoms with van der Waals surface area (Å²) in [4.78, 5) is 0. The Bertz CT molecular complexity index is 36.3. The van der Waals surface area contributed by atoms with E-state index in [1.807, 2.05) is 0 Å². The van der Waals surface area contributed by atoms with Crippen molar-refractivity contribution in [2.45, 2.75) is 12.7 Å². The number of hydrogen-bond acceptors (Lipinski definition) is 1. The molecule has 2 N–H and O–H groups in total. The van der Waals surface area contributed by atoms with Gasteiger partial charge in [-0.2, -0.15) is 0 Å². The molecule has 0 heterocycles. The van der Waals surface area contributed by atoms with Crippen molar-refractivity contribution in [2.75, 3.05) is 0 Å². The van der Waals surface area contributed by atoms with Crippen LogP contribution < -0.4 is 5.73 Å². The van der Waals surface area contributed by atoms with Crippen molar-refractivity contribution in [3.63, 3.8) is 0 Å². The van der Waals surface area contributed by atoms with Crippen LogP contribution in [0, 0.1) is 0 Å². The normalized spacial score (nSPS) is 11.6. The Hall–Kier alpha value is 0.330. The van der Waals surface area contributed by atoms with Gasteiger partial charge in [-0.15, -0.1) is 24.8 Å². The van der Waals surface area contributed by atoms with Crippen LogP contribution >= 0.6 is 24.8 Å². The maximum atomic E-state index is 10.9. The second kappa shape index (κ2) is 7.33. The van der Waals surface area contributed by atoms with Gasteiger partial charge in [0, 0.05) is 0 Å². The van der Waals surface area contributed by atoms with Crippen molar-refractivity contribution in [3.05, 3.63) is 0 Å². The van der Waals surface area contributed by atoms with E-state index in [4.69, 9.17) is 0 Å². The highest BCUT2D eigenvalue weighted by molar-refractivity contribution is 5.85. The molecule has 0 spiro atoms. The van der Waals surface area contributed by atoms with Crippen LogP contribution in [0.2, 0.25) is 0 Å². The minimum Gasteiger partial charge on any atom is -0.297 e. The summed E-state index contributed by atoms with van der Waals surface area (Å²) in [6, 6.07) is 0. The summed E-state index contributed by atoms with van der Waals surface area (Å²) in [5, 5.41) is 0. The zero-order chi connectivity index (χ0) is 5.15. The highest BCUT2D eigenvalue weighted by Gasteiger charge is 2.11. The Morgan fingerprint density at radius 2 is 1.12 bits per heavy atom. The van der Waals surface area contributed by atoms with E-state index in [-0.39, 0.29) is 24.8 Å². The van der Waals surface area contributed by atoms with E-state index >= 15 is 0 Å². The number of hydrogen-bond donors (Lipinski definition) is 1. The molecule has 1 nitrogen and oxygen atoms in total. The number of halogens is 5. The molecule has 0 fully saturated rings. The molecule has 0 aliphatic carbocycles. The third-order valence-electron chi connectivity index (χ3n) is 0.241. The SMILES string of the molecule is Cl.Cl.NC(F)C(F)F. The molecule has 0 amide bonds. The first-order chi connectivity index (χ1) is 2.64. The van der Waals surface area contributed by atoms with E-state index in [9.17, 15) is 13.2 Å². The molecule has 0 aliphatic heterocycles. The number of alkyl halides is 3. The van der Waals surface area contributed by atoms with Crippen LogP contribution in [0.25, 0.3) is 0 Å². The zero-order valence-corrected chi connectivity index (χ0v) is 5.32. The maximum Gasteiger partial charge on any atom is 0.282 e. The van der Waals surface area contributed by atoms with E-state index in [2.05, 4.69) is 5.73 Å². The standard InChI is InChI=1S/C2H4F3N.2ClH/c3-1(4)2(5)6;;/h1-2H,6H2;2*1H. The molecule has 0 radical (unpaired) electrons. The molecular formula is C2H6Cl2F3N. The first-order valence-electron chi connectivity index (χ1n) is 1.32. The monoisotopic (exact) mass is 171 g/mol. The van der Waals surface area contributed by atoms with Crippen molar-refractivity contribution in [1.29, 1.82) is 0 Å². The summed E-state index contributed by atoms with van der Waals surface area (Å²) in [6.45, 7) is 0. The van der Waals surface area contributed by atoms with Crippen LogP contribution in [-0.4, -0.2) is 12.7 Å². The Morgan fingerprint density at radius 1 is 1.00 bits per heavy atom. The molecule has 0 bridgehead atoms. The summed E-state index contributed by atoms with van der Waals surface area (Å²) in [7, 11) is 0.